The molecule has 0 amide bonds. The van der Waals surface area contributed by atoms with Gasteiger partial charge in [-0.15, -0.1) is 0 Å². The van der Waals surface area contributed by atoms with Gasteiger partial charge in [-0.3, -0.25) is 5.73 Å². The molecule has 0 fully saturated rings. The van der Waals surface area contributed by atoms with Crippen LogP contribution in [0, 0.1) is 0 Å². The molecule has 1 rings (SSSR count). The number of aryl methyl sites for hydroxylation is 1. The van der Waals surface area contributed by atoms with E-state index < -0.39 is 12.2 Å². The Labute approximate surface area is 109 Å². The fourth-order valence-electron chi connectivity index (χ4n) is 1.62. The molecule has 0 spiro atoms. The first-order valence-electron chi connectivity index (χ1n) is 6.25. The highest BCUT2D eigenvalue weighted by molar-refractivity contribution is 5.87. The highest BCUT2D eigenvalue weighted by atomic mass is 16.6. The molecule has 1 aromatic rings. The minimum absolute atomic E-state index is 0.384. The fraction of sp³-hybridized carbons (Fsp3) is 0.400. The van der Waals surface area contributed by atoms with Gasteiger partial charge in [0.25, 0.3) is 0 Å². The number of benzene rings is 1. The summed E-state index contributed by atoms with van der Waals surface area (Å²) in [6.07, 6.45) is 3.18. The molecular weight excluding hydrogens is 226 g/mol. The topological polar surface area (TPSA) is 52.3 Å². The molecule has 3 nitrogen and oxygen atoms in total. The Morgan fingerprint density at radius 3 is 2.61 bits per heavy atom. The summed E-state index contributed by atoms with van der Waals surface area (Å²) in [6, 6.07) is 10.3. The van der Waals surface area contributed by atoms with Gasteiger partial charge in [-0.05, 0) is 38.2 Å². The van der Waals surface area contributed by atoms with E-state index in [-0.39, 0.29) is 0 Å². The van der Waals surface area contributed by atoms with E-state index in [9.17, 15) is 4.79 Å². The number of hydrogen-bond acceptors (Lipinski definition) is 3. The van der Waals surface area contributed by atoms with Crippen LogP contribution in [0.4, 0.5) is 0 Å². The van der Waals surface area contributed by atoms with Gasteiger partial charge < -0.3 is 4.74 Å². The third kappa shape index (κ3) is 5.64. The molecule has 1 aromatic carbocycles. The maximum atomic E-state index is 11.2. The Kier molecular flexibility index (Phi) is 6.15. The SMILES string of the molecule is C=C(C)C(=O)OC(N)CCCCc1ccccc1. The Bertz CT molecular complexity index is 387. The van der Waals surface area contributed by atoms with Crippen molar-refractivity contribution in [3.05, 3.63) is 48.0 Å². The molecule has 3 heteroatoms. The lowest BCUT2D eigenvalue weighted by Gasteiger charge is -2.12. The Hall–Kier alpha value is -1.61. The van der Waals surface area contributed by atoms with Crippen molar-refractivity contribution >= 4 is 5.97 Å². The van der Waals surface area contributed by atoms with Gasteiger partial charge in [0.05, 0.1) is 0 Å². The van der Waals surface area contributed by atoms with E-state index in [2.05, 4.69) is 18.7 Å². The number of carbonyl (C=O) groups is 1. The van der Waals surface area contributed by atoms with Crippen molar-refractivity contribution in [1.82, 2.24) is 0 Å². The monoisotopic (exact) mass is 247 g/mol. The lowest BCUT2D eigenvalue weighted by Crippen LogP contribution is -2.27. The Morgan fingerprint density at radius 2 is 2.00 bits per heavy atom. The van der Waals surface area contributed by atoms with Crippen molar-refractivity contribution in [1.29, 1.82) is 0 Å². The lowest BCUT2D eigenvalue weighted by molar-refractivity contribution is -0.144. The summed E-state index contributed by atoms with van der Waals surface area (Å²) < 4.78 is 5.00. The van der Waals surface area contributed by atoms with E-state index in [1.165, 1.54) is 5.56 Å². The predicted octanol–water partition coefficient (Wildman–Crippen LogP) is 2.80. The van der Waals surface area contributed by atoms with Crippen molar-refractivity contribution in [2.45, 2.75) is 38.8 Å². The summed E-state index contributed by atoms with van der Waals surface area (Å²) in [5.74, 6) is -0.412. The standard InChI is InChI=1S/C15H21NO2/c1-12(2)15(17)18-14(16)11-7-6-10-13-8-4-3-5-9-13/h3-5,8-9,14H,1,6-7,10-11,16H2,2H3. The Morgan fingerprint density at radius 1 is 1.33 bits per heavy atom. The molecule has 0 aliphatic carbocycles. The Balaban J connectivity index is 2.14. The number of nitrogens with two attached hydrogens (primary N) is 1. The molecule has 0 heterocycles. The van der Waals surface area contributed by atoms with E-state index in [1.54, 1.807) is 6.92 Å². The van der Waals surface area contributed by atoms with E-state index >= 15 is 0 Å². The van der Waals surface area contributed by atoms with Crippen molar-refractivity contribution in [3.8, 4) is 0 Å². The van der Waals surface area contributed by atoms with Crippen LogP contribution < -0.4 is 5.73 Å². The van der Waals surface area contributed by atoms with Crippen molar-refractivity contribution < 1.29 is 9.53 Å². The van der Waals surface area contributed by atoms with Gasteiger partial charge in [0.2, 0.25) is 0 Å². The molecule has 0 aliphatic heterocycles. The average molecular weight is 247 g/mol. The summed E-state index contributed by atoms with van der Waals surface area (Å²) in [4.78, 5) is 11.2. The third-order valence-electron chi connectivity index (χ3n) is 2.65. The molecule has 0 aromatic heterocycles. The molecule has 1 atom stereocenters. The van der Waals surface area contributed by atoms with Gasteiger partial charge in [-0.2, -0.15) is 0 Å². The van der Waals surface area contributed by atoms with Crippen LogP contribution in [0.25, 0.3) is 0 Å². The maximum Gasteiger partial charge on any atom is 0.334 e. The zero-order chi connectivity index (χ0) is 13.4. The zero-order valence-corrected chi connectivity index (χ0v) is 10.9. The first-order valence-corrected chi connectivity index (χ1v) is 6.25. The van der Waals surface area contributed by atoms with Crippen LogP contribution in [0.5, 0.6) is 0 Å². The van der Waals surface area contributed by atoms with E-state index in [1.807, 2.05) is 18.2 Å². The molecule has 0 bridgehead atoms. The second-order valence-electron chi connectivity index (χ2n) is 4.46. The molecular formula is C15H21NO2. The number of ether oxygens (including phenoxy) is 1. The van der Waals surface area contributed by atoms with Crippen molar-refractivity contribution in [2.75, 3.05) is 0 Å². The van der Waals surface area contributed by atoms with Crippen LogP contribution in [-0.2, 0) is 16.0 Å². The summed E-state index contributed by atoms with van der Waals surface area (Å²) in [5.41, 5.74) is 7.42. The quantitative estimate of drug-likeness (QED) is 0.349. The smallest absolute Gasteiger partial charge is 0.334 e. The molecule has 98 valence electrons. The number of esters is 1. The van der Waals surface area contributed by atoms with E-state index in [0.29, 0.717) is 12.0 Å². The van der Waals surface area contributed by atoms with Gasteiger partial charge in [0, 0.05) is 5.57 Å². The number of unbranched alkanes of at least 4 members (excludes halogenated alkanes) is 1. The summed E-state index contributed by atoms with van der Waals surface area (Å²) in [5, 5.41) is 0. The molecule has 1 unspecified atom stereocenters. The minimum Gasteiger partial charge on any atom is -0.443 e. The third-order valence-corrected chi connectivity index (χ3v) is 2.65. The van der Waals surface area contributed by atoms with Crippen LogP contribution in [0.2, 0.25) is 0 Å². The largest absolute Gasteiger partial charge is 0.443 e. The summed E-state index contributed by atoms with van der Waals surface area (Å²) in [7, 11) is 0. The summed E-state index contributed by atoms with van der Waals surface area (Å²) in [6.45, 7) is 5.13. The first kappa shape index (κ1) is 14.5. The number of rotatable bonds is 7. The average Bonchev–Trinajstić information content (AvgIpc) is 2.35. The molecule has 0 saturated carbocycles. The van der Waals surface area contributed by atoms with Gasteiger partial charge in [-0.25, -0.2) is 4.79 Å². The minimum atomic E-state index is -0.523. The van der Waals surface area contributed by atoms with E-state index in [4.69, 9.17) is 10.5 Å². The van der Waals surface area contributed by atoms with Gasteiger partial charge in [0.15, 0.2) is 6.23 Å². The van der Waals surface area contributed by atoms with E-state index in [0.717, 1.165) is 19.3 Å². The lowest BCUT2D eigenvalue weighted by atomic mass is 10.1. The number of hydrogen-bond donors (Lipinski definition) is 1. The van der Waals surface area contributed by atoms with Gasteiger partial charge >= 0.3 is 5.97 Å². The number of carbonyl (C=O) groups excluding carboxylic acids is 1. The fourth-order valence-corrected chi connectivity index (χ4v) is 1.62. The highest BCUT2D eigenvalue weighted by Gasteiger charge is 2.09. The zero-order valence-electron chi connectivity index (χ0n) is 10.9. The predicted molar refractivity (Wildman–Crippen MR) is 72.9 cm³/mol. The normalized spacial score (nSPS) is 11.9. The molecule has 18 heavy (non-hydrogen) atoms. The van der Waals surface area contributed by atoms with Crippen molar-refractivity contribution in [2.24, 2.45) is 5.73 Å². The molecule has 2 N–H and O–H groups in total. The second kappa shape index (κ2) is 7.67. The van der Waals surface area contributed by atoms with Gasteiger partial charge in [0.1, 0.15) is 0 Å². The first-order chi connectivity index (χ1) is 8.59. The second-order valence-corrected chi connectivity index (χ2v) is 4.46. The van der Waals surface area contributed by atoms with Crippen LogP contribution in [-0.4, -0.2) is 12.2 Å². The molecule has 0 aliphatic rings. The summed E-state index contributed by atoms with van der Waals surface area (Å²) >= 11 is 0. The van der Waals surface area contributed by atoms with Crippen LogP contribution >= 0.6 is 0 Å². The molecule has 0 saturated heterocycles. The van der Waals surface area contributed by atoms with Crippen LogP contribution in [0.1, 0.15) is 31.7 Å². The highest BCUT2D eigenvalue weighted by Crippen LogP contribution is 2.08. The van der Waals surface area contributed by atoms with Crippen LogP contribution in [0.3, 0.4) is 0 Å². The van der Waals surface area contributed by atoms with Gasteiger partial charge in [-0.1, -0.05) is 36.9 Å². The van der Waals surface area contributed by atoms with Crippen LogP contribution in [0.15, 0.2) is 42.5 Å². The maximum absolute atomic E-state index is 11.2. The van der Waals surface area contributed by atoms with Crippen molar-refractivity contribution in [3.63, 3.8) is 0 Å². The molecule has 0 radical (unpaired) electrons.